The standard InChI is InChI=1S/C30H30F3N7OS/c1-18-23-9-21(13-34)40(15-19-3-6-35-14-19)26(23)11-27(41-2)25(18)16-39-7-4-20(5-8-39)38-28-24-10-22(12-30(31,32)33)42-29(24)37-17-36-28/h3,9-11,14,17,20H,4-8,12,15-16H2,1-2H3,(H,36,37,38). The average Bonchev–Trinajstić information content (AvgIpc) is 3.70. The van der Waals surface area contributed by atoms with Gasteiger partial charge in [-0.1, -0.05) is 6.08 Å². The van der Waals surface area contributed by atoms with Gasteiger partial charge in [0, 0.05) is 53.8 Å². The van der Waals surface area contributed by atoms with Gasteiger partial charge in [-0.15, -0.1) is 11.3 Å². The first-order chi connectivity index (χ1) is 20.2. The van der Waals surface area contributed by atoms with E-state index in [1.165, 1.54) is 6.33 Å². The maximum atomic E-state index is 12.9. The van der Waals surface area contributed by atoms with Crippen LogP contribution in [0.4, 0.5) is 19.0 Å². The van der Waals surface area contributed by atoms with Crippen LogP contribution in [0.3, 0.4) is 0 Å². The van der Waals surface area contributed by atoms with Gasteiger partial charge in [-0.3, -0.25) is 9.89 Å². The normalized spacial score (nSPS) is 16.3. The molecule has 1 N–H and O–H groups in total. The second kappa shape index (κ2) is 11.4. The van der Waals surface area contributed by atoms with Gasteiger partial charge >= 0.3 is 6.18 Å². The van der Waals surface area contributed by atoms with E-state index in [0.29, 0.717) is 41.4 Å². The van der Waals surface area contributed by atoms with Crippen molar-refractivity contribution in [1.29, 1.82) is 5.26 Å². The van der Waals surface area contributed by atoms with Gasteiger partial charge < -0.3 is 14.6 Å². The van der Waals surface area contributed by atoms with Crippen LogP contribution in [0.5, 0.6) is 5.75 Å². The van der Waals surface area contributed by atoms with E-state index in [0.717, 1.165) is 70.6 Å². The first kappa shape index (κ1) is 28.2. The zero-order chi connectivity index (χ0) is 29.4. The van der Waals surface area contributed by atoms with Crippen molar-refractivity contribution >= 4 is 44.5 Å². The van der Waals surface area contributed by atoms with Crippen molar-refractivity contribution < 1.29 is 17.9 Å². The summed E-state index contributed by atoms with van der Waals surface area (Å²) in [5.74, 6) is 1.39. The molecule has 0 unspecified atom stereocenters. The van der Waals surface area contributed by atoms with Crippen LogP contribution in [-0.4, -0.2) is 64.6 Å². The Labute approximate surface area is 245 Å². The highest BCUT2D eigenvalue weighted by molar-refractivity contribution is 7.18. The molecule has 3 aromatic heterocycles. The number of nitrogens with zero attached hydrogens (tertiary/aromatic N) is 6. The van der Waals surface area contributed by atoms with Crippen LogP contribution in [0.2, 0.25) is 0 Å². The third-order valence-electron chi connectivity index (χ3n) is 8.02. The number of methoxy groups -OCH3 is 1. The maximum Gasteiger partial charge on any atom is 0.393 e. The Morgan fingerprint density at radius 2 is 1.95 bits per heavy atom. The van der Waals surface area contributed by atoms with Gasteiger partial charge in [0.05, 0.1) is 37.5 Å². The lowest BCUT2D eigenvalue weighted by atomic mass is 10.00. The summed E-state index contributed by atoms with van der Waals surface area (Å²) < 4.78 is 46.6. The molecule has 0 amide bonds. The number of alkyl halides is 3. The van der Waals surface area contributed by atoms with E-state index in [-0.39, 0.29) is 10.9 Å². The number of aromatic nitrogens is 3. The highest BCUT2D eigenvalue weighted by Gasteiger charge is 2.29. The first-order valence-corrected chi connectivity index (χ1v) is 14.6. The summed E-state index contributed by atoms with van der Waals surface area (Å²) in [6.07, 6.45) is 1.84. The van der Waals surface area contributed by atoms with Gasteiger partial charge in [0.25, 0.3) is 0 Å². The zero-order valence-electron chi connectivity index (χ0n) is 23.3. The molecule has 0 aliphatic carbocycles. The number of ether oxygens (including phenoxy) is 1. The Bertz CT molecular complexity index is 1740. The number of piperidine rings is 1. The molecular weight excluding hydrogens is 563 g/mol. The molecule has 1 saturated heterocycles. The quantitative estimate of drug-likeness (QED) is 0.269. The minimum absolute atomic E-state index is 0.149. The fourth-order valence-electron chi connectivity index (χ4n) is 5.86. The number of halogens is 3. The van der Waals surface area contributed by atoms with Gasteiger partial charge in [0.1, 0.15) is 34.5 Å². The summed E-state index contributed by atoms with van der Waals surface area (Å²) in [4.78, 5) is 16.0. The molecule has 2 aliphatic rings. The molecule has 12 heteroatoms. The topological polar surface area (TPSA) is 91.4 Å². The minimum atomic E-state index is -4.26. The molecular formula is C30H30F3N7OS. The second-order valence-electron chi connectivity index (χ2n) is 10.8. The largest absolute Gasteiger partial charge is 0.496 e. The van der Waals surface area contributed by atoms with E-state index in [4.69, 9.17) is 4.74 Å². The summed E-state index contributed by atoms with van der Waals surface area (Å²) in [6.45, 7) is 5.75. The molecule has 2 aliphatic heterocycles. The van der Waals surface area contributed by atoms with Crippen LogP contribution in [0.1, 0.15) is 34.5 Å². The minimum Gasteiger partial charge on any atom is -0.496 e. The highest BCUT2D eigenvalue weighted by Crippen LogP contribution is 2.36. The number of thiophene rings is 1. The molecule has 218 valence electrons. The van der Waals surface area contributed by atoms with Gasteiger partial charge in [0.15, 0.2) is 0 Å². The third kappa shape index (κ3) is 5.71. The van der Waals surface area contributed by atoms with Crippen molar-refractivity contribution in [1.82, 2.24) is 19.4 Å². The van der Waals surface area contributed by atoms with E-state index in [1.807, 2.05) is 22.9 Å². The van der Waals surface area contributed by atoms with Crippen molar-refractivity contribution in [2.24, 2.45) is 4.99 Å². The zero-order valence-corrected chi connectivity index (χ0v) is 24.1. The fraction of sp³-hybridized carbons (Fsp3) is 0.400. The highest BCUT2D eigenvalue weighted by atomic mass is 32.1. The van der Waals surface area contributed by atoms with E-state index >= 15 is 0 Å². The van der Waals surface area contributed by atoms with Crippen molar-refractivity contribution in [2.45, 2.75) is 51.5 Å². The number of anilines is 1. The Morgan fingerprint density at radius 3 is 2.64 bits per heavy atom. The molecule has 1 fully saturated rings. The maximum absolute atomic E-state index is 12.9. The number of benzene rings is 1. The Morgan fingerprint density at radius 1 is 1.14 bits per heavy atom. The smallest absolute Gasteiger partial charge is 0.393 e. The molecule has 0 saturated carbocycles. The lowest BCUT2D eigenvalue weighted by Gasteiger charge is -2.33. The molecule has 5 heterocycles. The Hall–Kier alpha value is -3.95. The third-order valence-corrected chi connectivity index (χ3v) is 9.06. The Balaban J connectivity index is 1.16. The summed E-state index contributed by atoms with van der Waals surface area (Å²) in [6, 6.07) is 8.05. The van der Waals surface area contributed by atoms with Gasteiger partial charge in [-0.25, -0.2) is 9.97 Å². The number of hydrogen-bond acceptors (Lipinski definition) is 8. The number of nitrogens with one attached hydrogen (secondary N) is 1. The van der Waals surface area contributed by atoms with E-state index in [1.54, 1.807) is 13.2 Å². The van der Waals surface area contributed by atoms with E-state index in [9.17, 15) is 18.4 Å². The van der Waals surface area contributed by atoms with Crippen LogP contribution in [-0.2, 0) is 19.5 Å². The number of hydrogen-bond donors (Lipinski definition) is 1. The SMILES string of the molecule is COc1cc2c(cc(C#N)n2CC2=CCN=C2)c(C)c1CN1CCC(Nc2ncnc3sc(CC(F)(F)F)cc23)CC1. The van der Waals surface area contributed by atoms with Crippen molar-refractivity contribution in [3.8, 4) is 11.8 Å². The van der Waals surface area contributed by atoms with E-state index < -0.39 is 12.6 Å². The fourth-order valence-corrected chi connectivity index (χ4v) is 6.88. The van der Waals surface area contributed by atoms with Crippen LogP contribution in [0.25, 0.3) is 21.1 Å². The number of allylic oxidation sites excluding steroid dienone is 1. The number of rotatable bonds is 8. The summed E-state index contributed by atoms with van der Waals surface area (Å²) in [7, 11) is 1.68. The molecule has 6 rings (SSSR count). The molecule has 0 bridgehead atoms. The van der Waals surface area contributed by atoms with E-state index in [2.05, 4.69) is 44.2 Å². The van der Waals surface area contributed by atoms with Crippen molar-refractivity contribution in [3.05, 3.63) is 57.9 Å². The molecule has 0 radical (unpaired) electrons. The second-order valence-corrected chi connectivity index (χ2v) is 11.9. The molecule has 4 aromatic rings. The summed E-state index contributed by atoms with van der Waals surface area (Å²) >= 11 is 1.06. The number of nitriles is 1. The van der Waals surface area contributed by atoms with Gasteiger partial charge in [-0.2, -0.15) is 18.4 Å². The molecule has 1 aromatic carbocycles. The van der Waals surface area contributed by atoms with Crippen molar-refractivity contribution in [3.63, 3.8) is 0 Å². The predicted molar refractivity (Wildman–Crippen MR) is 158 cm³/mol. The lowest BCUT2D eigenvalue weighted by Crippen LogP contribution is -2.39. The van der Waals surface area contributed by atoms with Crippen LogP contribution in [0.15, 0.2) is 41.2 Å². The lowest BCUT2D eigenvalue weighted by molar-refractivity contribution is -0.126. The van der Waals surface area contributed by atoms with Crippen LogP contribution in [0, 0.1) is 18.3 Å². The molecule has 0 atom stereocenters. The monoisotopic (exact) mass is 593 g/mol. The number of likely N-dealkylation sites (tertiary alicyclic amines) is 1. The molecule has 8 nitrogen and oxygen atoms in total. The van der Waals surface area contributed by atoms with Crippen LogP contribution >= 0.6 is 11.3 Å². The van der Waals surface area contributed by atoms with Crippen molar-refractivity contribution in [2.75, 3.05) is 32.1 Å². The van der Waals surface area contributed by atoms with Crippen LogP contribution < -0.4 is 10.1 Å². The molecule has 0 spiro atoms. The molecule has 42 heavy (non-hydrogen) atoms. The predicted octanol–water partition coefficient (Wildman–Crippen LogP) is 6.03. The average molecular weight is 594 g/mol. The number of aliphatic imine (C=N–C) groups is 1. The first-order valence-electron chi connectivity index (χ1n) is 13.8. The Kier molecular flexibility index (Phi) is 7.64. The number of fused-ring (bicyclic) bond motifs is 2. The van der Waals surface area contributed by atoms with Gasteiger partial charge in [0.2, 0.25) is 0 Å². The number of aryl methyl sites for hydroxylation is 1. The summed E-state index contributed by atoms with van der Waals surface area (Å²) in [5.41, 5.74) is 4.87. The summed E-state index contributed by atoms with van der Waals surface area (Å²) in [5, 5.41) is 15.0. The van der Waals surface area contributed by atoms with Gasteiger partial charge in [-0.05, 0) is 43.0 Å².